The van der Waals surface area contributed by atoms with Crippen LogP contribution in [0.2, 0.25) is 0 Å². The number of ketones is 1. The van der Waals surface area contributed by atoms with Gasteiger partial charge in [-0.1, -0.05) is 12.1 Å². The Morgan fingerprint density at radius 1 is 1.35 bits per heavy atom. The zero-order valence-corrected chi connectivity index (χ0v) is 11.6. The van der Waals surface area contributed by atoms with Crippen molar-refractivity contribution in [3.05, 3.63) is 50.6 Å². The number of carbonyl (C=O) groups is 1. The average Bonchev–Trinajstić information content (AvgIpc) is 2.72. The summed E-state index contributed by atoms with van der Waals surface area (Å²) >= 11 is 4.91. The number of nitrogen functional groups attached to an aromatic ring is 1. The summed E-state index contributed by atoms with van der Waals surface area (Å²) in [6.07, 6.45) is 1.24. The zero-order valence-electron chi connectivity index (χ0n) is 9.15. The fraction of sp³-hybridized carbons (Fsp3) is 0.154. The monoisotopic (exact) mass is 309 g/mol. The Balaban J connectivity index is 1.99. The molecule has 0 aliphatic carbocycles. The van der Waals surface area contributed by atoms with E-state index >= 15 is 0 Å². The van der Waals surface area contributed by atoms with E-state index in [1.165, 1.54) is 11.3 Å². The molecule has 0 saturated heterocycles. The maximum absolute atomic E-state index is 11.9. The van der Waals surface area contributed by atoms with Crippen LogP contribution in [0.15, 0.2) is 39.5 Å². The largest absolute Gasteiger partial charge is 0.399 e. The van der Waals surface area contributed by atoms with E-state index in [2.05, 4.69) is 15.9 Å². The number of Topliss-reactive ketones (excluding diaryl/α,β-unsaturated/α-hetero) is 1. The molecule has 0 atom stereocenters. The third-order valence-electron chi connectivity index (χ3n) is 2.51. The van der Waals surface area contributed by atoms with Crippen LogP contribution < -0.4 is 5.73 Å². The molecule has 2 N–H and O–H groups in total. The summed E-state index contributed by atoms with van der Waals surface area (Å²) in [5.41, 5.74) is 8.31. The van der Waals surface area contributed by atoms with Crippen molar-refractivity contribution in [2.75, 3.05) is 5.73 Å². The van der Waals surface area contributed by atoms with Gasteiger partial charge >= 0.3 is 0 Å². The maximum Gasteiger partial charge on any atom is 0.165 e. The van der Waals surface area contributed by atoms with Gasteiger partial charge in [0, 0.05) is 32.9 Å². The molecule has 0 saturated carbocycles. The highest BCUT2D eigenvalue weighted by Crippen LogP contribution is 2.23. The summed E-state index contributed by atoms with van der Waals surface area (Å²) in [5.74, 6) is 0.167. The molecule has 0 radical (unpaired) electrons. The zero-order chi connectivity index (χ0) is 12.3. The molecule has 0 unspecified atom stereocenters. The van der Waals surface area contributed by atoms with E-state index in [1.54, 1.807) is 0 Å². The smallest absolute Gasteiger partial charge is 0.165 e. The van der Waals surface area contributed by atoms with Gasteiger partial charge in [0.05, 0.1) is 0 Å². The molecule has 0 fully saturated rings. The second-order valence-electron chi connectivity index (χ2n) is 3.80. The first-order valence-electron chi connectivity index (χ1n) is 5.26. The van der Waals surface area contributed by atoms with Gasteiger partial charge in [0.1, 0.15) is 0 Å². The fourth-order valence-corrected chi connectivity index (χ4v) is 3.14. The van der Waals surface area contributed by atoms with Gasteiger partial charge in [-0.3, -0.25) is 4.79 Å². The molecular formula is C13H12BrNOS. The standard InChI is InChI=1S/C13H12BrNOS/c14-12-8-17-7-11(12)13(16)5-4-9-2-1-3-10(15)6-9/h1-3,6-8H,4-5,15H2. The van der Waals surface area contributed by atoms with Gasteiger partial charge < -0.3 is 5.73 Å². The van der Waals surface area contributed by atoms with Gasteiger partial charge in [-0.05, 0) is 40.0 Å². The van der Waals surface area contributed by atoms with Gasteiger partial charge in [0.15, 0.2) is 5.78 Å². The van der Waals surface area contributed by atoms with E-state index in [0.29, 0.717) is 6.42 Å². The summed E-state index contributed by atoms with van der Waals surface area (Å²) in [7, 11) is 0. The first-order valence-corrected chi connectivity index (χ1v) is 6.99. The summed E-state index contributed by atoms with van der Waals surface area (Å²) in [4.78, 5) is 11.9. The third kappa shape index (κ3) is 3.17. The van der Waals surface area contributed by atoms with Gasteiger partial charge in [-0.25, -0.2) is 0 Å². The Bertz CT molecular complexity index is 536. The van der Waals surface area contributed by atoms with Gasteiger partial charge in [-0.15, -0.1) is 0 Å². The molecule has 88 valence electrons. The van der Waals surface area contributed by atoms with Crippen molar-refractivity contribution in [1.82, 2.24) is 0 Å². The lowest BCUT2D eigenvalue weighted by Crippen LogP contribution is -2.00. The number of aryl methyl sites for hydroxylation is 1. The lowest BCUT2D eigenvalue weighted by Gasteiger charge is -2.02. The number of benzene rings is 1. The Morgan fingerprint density at radius 3 is 2.82 bits per heavy atom. The number of anilines is 1. The number of nitrogens with two attached hydrogens (primary N) is 1. The van der Waals surface area contributed by atoms with Crippen molar-refractivity contribution < 1.29 is 4.79 Å². The lowest BCUT2D eigenvalue weighted by molar-refractivity contribution is 0.0982. The first-order chi connectivity index (χ1) is 8.16. The molecule has 4 heteroatoms. The van der Waals surface area contributed by atoms with Gasteiger partial charge in [0.2, 0.25) is 0 Å². The van der Waals surface area contributed by atoms with Crippen molar-refractivity contribution in [3.8, 4) is 0 Å². The van der Waals surface area contributed by atoms with Crippen LogP contribution in [0.4, 0.5) is 5.69 Å². The maximum atomic E-state index is 11.9. The number of rotatable bonds is 4. The van der Waals surface area contributed by atoms with Crippen LogP contribution >= 0.6 is 27.3 Å². The highest BCUT2D eigenvalue weighted by atomic mass is 79.9. The van der Waals surface area contributed by atoms with Crippen LogP contribution in [0.5, 0.6) is 0 Å². The van der Waals surface area contributed by atoms with Crippen molar-refractivity contribution >= 4 is 38.7 Å². The number of carbonyl (C=O) groups excluding carboxylic acids is 1. The SMILES string of the molecule is Nc1cccc(CCC(=O)c2cscc2Br)c1. The van der Waals surface area contributed by atoms with E-state index in [9.17, 15) is 4.79 Å². The molecule has 2 aromatic rings. The molecule has 2 rings (SSSR count). The number of hydrogen-bond donors (Lipinski definition) is 1. The Labute approximate surface area is 113 Å². The molecule has 2 nitrogen and oxygen atoms in total. The molecule has 1 heterocycles. The van der Waals surface area contributed by atoms with E-state index in [0.717, 1.165) is 27.7 Å². The molecule has 0 amide bonds. The van der Waals surface area contributed by atoms with E-state index < -0.39 is 0 Å². The van der Waals surface area contributed by atoms with Crippen LogP contribution in [-0.4, -0.2) is 5.78 Å². The number of halogens is 1. The second-order valence-corrected chi connectivity index (χ2v) is 5.40. The predicted octanol–water partition coefficient (Wildman–Crippen LogP) is 3.91. The highest BCUT2D eigenvalue weighted by molar-refractivity contribution is 9.10. The average molecular weight is 310 g/mol. The van der Waals surface area contributed by atoms with Crippen LogP contribution in [0.3, 0.4) is 0 Å². The highest BCUT2D eigenvalue weighted by Gasteiger charge is 2.10. The topological polar surface area (TPSA) is 43.1 Å². The van der Waals surface area contributed by atoms with E-state index in [-0.39, 0.29) is 5.78 Å². The Morgan fingerprint density at radius 2 is 2.18 bits per heavy atom. The third-order valence-corrected chi connectivity index (χ3v) is 4.21. The van der Waals surface area contributed by atoms with Crippen molar-refractivity contribution in [3.63, 3.8) is 0 Å². The van der Waals surface area contributed by atoms with Crippen LogP contribution in [0, 0.1) is 0 Å². The molecule has 17 heavy (non-hydrogen) atoms. The number of thiophene rings is 1. The normalized spacial score (nSPS) is 10.4. The van der Waals surface area contributed by atoms with Crippen molar-refractivity contribution in [2.24, 2.45) is 0 Å². The quantitative estimate of drug-likeness (QED) is 0.687. The van der Waals surface area contributed by atoms with Crippen LogP contribution in [0.1, 0.15) is 22.3 Å². The summed E-state index contributed by atoms with van der Waals surface area (Å²) in [6, 6.07) is 7.67. The van der Waals surface area contributed by atoms with Crippen molar-refractivity contribution in [1.29, 1.82) is 0 Å². The second kappa shape index (κ2) is 5.47. The minimum atomic E-state index is 0.167. The summed E-state index contributed by atoms with van der Waals surface area (Å²) < 4.78 is 0.889. The molecule has 0 aliphatic rings. The Kier molecular flexibility index (Phi) is 3.97. The van der Waals surface area contributed by atoms with E-state index in [1.807, 2.05) is 35.0 Å². The van der Waals surface area contributed by atoms with E-state index in [4.69, 9.17) is 5.73 Å². The minimum Gasteiger partial charge on any atom is -0.399 e. The Hall–Kier alpha value is -1.13. The first kappa shape index (κ1) is 12.3. The summed E-state index contributed by atoms with van der Waals surface area (Å²) in [5, 5.41) is 3.81. The molecular weight excluding hydrogens is 298 g/mol. The number of hydrogen-bond acceptors (Lipinski definition) is 3. The lowest BCUT2D eigenvalue weighted by atomic mass is 10.0. The molecule has 0 spiro atoms. The summed E-state index contributed by atoms with van der Waals surface area (Å²) in [6.45, 7) is 0. The predicted molar refractivity (Wildman–Crippen MR) is 75.5 cm³/mol. The minimum absolute atomic E-state index is 0.167. The van der Waals surface area contributed by atoms with Crippen LogP contribution in [0.25, 0.3) is 0 Å². The molecule has 1 aromatic heterocycles. The molecule has 1 aromatic carbocycles. The van der Waals surface area contributed by atoms with Crippen LogP contribution in [-0.2, 0) is 6.42 Å². The fourth-order valence-electron chi connectivity index (χ4n) is 1.62. The van der Waals surface area contributed by atoms with Crippen molar-refractivity contribution in [2.45, 2.75) is 12.8 Å². The molecule has 0 bridgehead atoms. The molecule has 0 aliphatic heterocycles. The van der Waals surface area contributed by atoms with Gasteiger partial charge in [-0.2, -0.15) is 11.3 Å². The van der Waals surface area contributed by atoms with Gasteiger partial charge in [0.25, 0.3) is 0 Å².